The van der Waals surface area contributed by atoms with E-state index >= 15 is 0 Å². The van der Waals surface area contributed by atoms with Crippen molar-refractivity contribution in [1.29, 1.82) is 0 Å². The molecule has 0 radical (unpaired) electrons. The van der Waals surface area contributed by atoms with Crippen LogP contribution < -0.4 is 0 Å². The zero-order valence-electron chi connectivity index (χ0n) is 12.1. The van der Waals surface area contributed by atoms with Crippen molar-refractivity contribution < 1.29 is 4.84 Å². The molecular weight excluding hydrogens is 290 g/mol. The molecule has 4 rings (SSSR count). The molecule has 0 amide bonds. The van der Waals surface area contributed by atoms with E-state index in [1.54, 1.807) is 0 Å². The average Bonchev–Trinajstić information content (AvgIpc) is 2.62. The number of benzene rings is 2. The van der Waals surface area contributed by atoms with Crippen molar-refractivity contribution in [3.05, 3.63) is 96.2 Å². The summed E-state index contributed by atoms with van der Waals surface area (Å²) in [5.41, 5.74) is 2.52. The number of hydroxylamine groups is 2. The van der Waals surface area contributed by atoms with Gasteiger partial charge in [0.05, 0.1) is 5.25 Å². The summed E-state index contributed by atoms with van der Waals surface area (Å²) in [4.78, 5) is 6.32. The van der Waals surface area contributed by atoms with Crippen LogP contribution in [0.25, 0.3) is 0 Å². The molecule has 1 fully saturated rings. The standard InChI is InChI=1S/C19H17NOS/c1-3-9-15(10-4-1)18-19(16-11-5-2-6-12-16)22-17-13-7-8-14-20(17)21-18/h1-14,17-19H. The fourth-order valence-corrected chi connectivity index (χ4v) is 4.23. The van der Waals surface area contributed by atoms with Crippen molar-refractivity contribution >= 4 is 11.8 Å². The molecule has 3 atom stereocenters. The third-order valence-corrected chi connectivity index (χ3v) is 5.38. The van der Waals surface area contributed by atoms with Crippen molar-refractivity contribution in [2.75, 3.05) is 0 Å². The van der Waals surface area contributed by atoms with Crippen LogP contribution in [-0.2, 0) is 4.84 Å². The fraction of sp³-hybridized carbons (Fsp3) is 0.158. The lowest BCUT2D eigenvalue weighted by Crippen LogP contribution is -2.37. The Morgan fingerprint density at radius 1 is 0.818 bits per heavy atom. The molecule has 3 heteroatoms. The van der Waals surface area contributed by atoms with E-state index in [0.717, 1.165) is 0 Å². The second-order valence-electron chi connectivity index (χ2n) is 5.38. The number of fused-ring (bicyclic) bond motifs is 1. The summed E-state index contributed by atoms with van der Waals surface area (Å²) in [6.45, 7) is 0. The average molecular weight is 307 g/mol. The van der Waals surface area contributed by atoms with Crippen molar-refractivity contribution in [1.82, 2.24) is 5.06 Å². The topological polar surface area (TPSA) is 12.5 Å². The molecule has 2 heterocycles. The van der Waals surface area contributed by atoms with Gasteiger partial charge in [0.2, 0.25) is 0 Å². The monoisotopic (exact) mass is 307 g/mol. The third kappa shape index (κ3) is 2.58. The lowest BCUT2D eigenvalue weighted by Gasteiger charge is -2.42. The molecule has 110 valence electrons. The van der Waals surface area contributed by atoms with Crippen molar-refractivity contribution in [2.24, 2.45) is 0 Å². The van der Waals surface area contributed by atoms with Gasteiger partial charge in [0.25, 0.3) is 0 Å². The van der Waals surface area contributed by atoms with E-state index in [4.69, 9.17) is 4.84 Å². The molecular formula is C19H17NOS. The summed E-state index contributed by atoms with van der Waals surface area (Å²) in [6, 6.07) is 21.1. The largest absolute Gasteiger partial charge is 0.263 e. The van der Waals surface area contributed by atoms with Crippen LogP contribution in [0.2, 0.25) is 0 Å². The first-order chi connectivity index (χ1) is 10.9. The Balaban J connectivity index is 1.72. The molecule has 0 spiro atoms. The molecule has 1 saturated heterocycles. The van der Waals surface area contributed by atoms with E-state index < -0.39 is 0 Å². The Kier molecular flexibility index (Phi) is 3.75. The zero-order valence-corrected chi connectivity index (χ0v) is 12.9. The Morgan fingerprint density at radius 2 is 1.50 bits per heavy atom. The SMILES string of the molecule is C1=CC2SC(c3ccccc3)C(c3ccccc3)ON2C=C1. The van der Waals surface area contributed by atoms with Gasteiger partial charge >= 0.3 is 0 Å². The summed E-state index contributed by atoms with van der Waals surface area (Å²) in [5, 5.41) is 2.47. The Labute approximate surface area is 135 Å². The molecule has 22 heavy (non-hydrogen) atoms. The van der Waals surface area contributed by atoms with Gasteiger partial charge in [-0.25, -0.2) is 5.06 Å². The molecule has 2 aromatic rings. The van der Waals surface area contributed by atoms with E-state index in [2.05, 4.69) is 66.7 Å². The minimum Gasteiger partial charge on any atom is -0.263 e. The van der Waals surface area contributed by atoms with Crippen LogP contribution in [0.3, 0.4) is 0 Å². The maximum Gasteiger partial charge on any atom is 0.127 e. The van der Waals surface area contributed by atoms with E-state index in [1.165, 1.54) is 11.1 Å². The van der Waals surface area contributed by atoms with Crippen molar-refractivity contribution in [2.45, 2.75) is 16.7 Å². The highest BCUT2D eigenvalue weighted by molar-refractivity contribution is 8.00. The number of nitrogens with zero attached hydrogens (tertiary/aromatic N) is 1. The highest BCUT2D eigenvalue weighted by Gasteiger charge is 2.37. The van der Waals surface area contributed by atoms with Gasteiger partial charge in [-0.2, -0.15) is 0 Å². The first-order valence-corrected chi connectivity index (χ1v) is 8.41. The van der Waals surface area contributed by atoms with Gasteiger partial charge in [-0.05, 0) is 23.3 Å². The second-order valence-corrected chi connectivity index (χ2v) is 6.64. The molecule has 2 aliphatic rings. The number of hydrogen-bond donors (Lipinski definition) is 0. The normalized spacial score (nSPS) is 26.7. The number of allylic oxidation sites excluding steroid dienone is 2. The van der Waals surface area contributed by atoms with E-state index in [0.29, 0.717) is 0 Å². The van der Waals surface area contributed by atoms with Gasteiger partial charge in [0.15, 0.2) is 0 Å². The van der Waals surface area contributed by atoms with Crippen LogP contribution in [0.1, 0.15) is 22.5 Å². The van der Waals surface area contributed by atoms with Crippen molar-refractivity contribution in [3.63, 3.8) is 0 Å². The van der Waals surface area contributed by atoms with Crippen LogP contribution in [0.5, 0.6) is 0 Å². The first kappa shape index (κ1) is 13.7. The molecule has 0 aromatic heterocycles. The lowest BCUT2D eigenvalue weighted by molar-refractivity contribution is -0.177. The van der Waals surface area contributed by atoms with Crippen LogP contribution in [0.4, 0.5) is 0 Å². The molecule has 2 aromatic carbocycles. The van der Waals surface area contributed by atoms with Gasteiger partial charge < -0.3 is 0 Å². The molecule has 2 aliphatic heterocycles. The maximum atomic E-state index is 6.32. The Hall–Kier alpha value is -1.97. The van der Waals surface area contributed by atoms with Gasteiger partial charge in [0.1, 0.15) is 11.5 Å². The zero-order chi connectivity index (χ0) is 14.8. The summed E-state index contributed by atoms with van der Waals surface area (Å²) in [5.74, 6) is 0. The van der Waals surface area contributed by atoms with Crippen LogP contribution >= 0.6 is 11.8 Å². The van der Waals surface area contributed by atoms with E-state index in [1.807, 2.05) is 35.2 Å². The van der Waals surface area contributed by atoms with Crippen LogP contribution in [0, 0.1) is 0 Å². The highest BCUT2D eigenvalue weighted by Crippen LogP contribution is 2.50. The van der Waals surface area contributed by atoms with Crippen LogP contribution in [-0.4, -0.2) is 10.4 Å². The lowest BCUT2D eigenvalue weighted by atomic mass is 10.0. The molecule has 0 saturated carbocycles. The molecule has 0 bridgehead atoms. The van der Waals surface area contributed by atoms with E-state index in [-0.39, 0.29) is 16.7 Å². The predicted octanol–water partition coefficient (Wildman–Crippen LogP) is 4.86. The Bertz CT molecular complexity index is 622. The summed E-state index contributed by atoms with van der Waals surface area (Å²) >= 11 is 1.93. The minimum absolute atomic E-state index is 0.0148. The molecule has 2 nitrogen and oxygen atoms in total. The van der Waals surface area contributed by atoms with E-state index in [9.17, 15) is 0 Å². The van der Waals surface area contributed by atoms with Crippen molar-refractivity contribution in [3.8, 4) is 0 Å². The number of rotatable bonds is 2. The highest BCUT2D eigenvalue weighted by atomic mass is 32.2. The number of thioether (sulfide) groups is 1. The van der Waals surface area contributed by atoms with Crippen LogP contribution in [0.15, 0.2) is 85.1 Å². The summed E-state index contributed by atoms with van der Waals surface area (Å²) < 4.78 is 0. The van der Waals surface area contributed by atoms with Gasteiger partial charge in [-0.15, -0.1) is 11.8 Å². The summed E-state index contributed by atoms with van der Waals surface area (Å²) in [6.07, 6.45) is 8.31. The van der Waals surface area contributed by atoms with Gasteiger partial charge in [0, 0.05) is 6.20 Å². The number of hydrogen-bond acceptors (Lipinski definition) is 3. The van der Waals surface area contributed by atoms with Gasteiger partial charge in [-0.1, -0.05) is 66.7 Å². The van der Waals surface area contributed by atoms with Gasteiger partial charge in [-0.3, -0.25) is 4.84 Å². The molecule has 0 aliphatic carbocycles. The fourth-order valence-electron chi connectivity index (χ4n) is 2.85. The smallest absolute Gasteiger partial charge is 0.127 e. The quantitative estimate of drug-likeness (QED) is 0.786. The molecule has 0 N–H and O–H groups in total. The molecule has 3 unspecified atom stereocenters. The second kappa shape index (κ2) is 6.03. The summed E-state index contributed by atoms with van der Waals surface area (Å²) in [7, 11) is 0. The first-order valence-electron chi connectivity index (χ1n) is 7.47. The minimum atomic E-state index is 0.0148. The predicted molar refractivity (Wildman–Crippen MR) is 90.9 cm³/mol. The Morgan fingerprint density at radius 3 is 2.23 bits per heavy atom. The third-order valence-electron chi connectivity index (χ3n) is 3.92. The maximum absolute atomic E-state index is 6.32.